The normalized spacial score (nSPS) is 21.6. The molecule has 2 atom stereocenters. The third-order valence-electron chi connectivity index (χ3n) is 18.6. The van der Waals surface area contributed by atoms with Crippen LogP contribution < -0.4 is 72.3 Å². The molecule has 9 aliphatic heterocycles. The third-order valence-corrected chi connectivity index (χ3v) is 18.8. The van der Waals surface area contributed by atoms with E-state index in [0.29, 0.717) is 168 Å². The second kappa shape index (κ2) is 36.7. The van der Waals surface area contributed by atoms with E-state index in [4.69, 9.17) is 95.4 Å². The number of carbonyl (C=O) groups is 2. The summed E-state index contributed by atoms with van der Waals surface area (Å²) in [6.45, 7) is 28.1. The van der Waals surface area contributed by atoms with Crippen molar-refractivity contribution in [3.8, 4) is 23.5 Å². The van der Waals surface area contributed by atoms with Gasteiger partial charge in [-0.05, 0) is 74.4 Å². The summed E-state index contributed by atoms with van der Waals surface area (Å²) in [7, 11) is 4.15. The smallest absolute Gasteiger partial charge is 0.481 e. The average Bonchev–Trinajstić information content (AvgIpc) is 1.64. The van der Waals surface area contributed by atoms with Crippen LogP contribution in [-0.4, -0.2) is 268 Å². The zero-order valence-electron chi connectivity index (χ0n) is 62.1. The molecule has 13 heterocycles. The third kappa shape index (κ3) is 22.1. The molecular weight excluding hydrogens is 1380 g/mol. The van der Waals surface area contributed by atoms with Gasteiger partial charge in [-0.2, -0.15) is 19.9 Å². The number of anilines is 4. The van der Waals surface area contributed by atoms with Crippen LogP contribution in [0.2, 0.25) is 5.15 Å². The van der Waals surface area contributed by atoms with E-state index in [1.165, 1.54) is 7.11 Å². The van der Waals surface area contributed by atoms with E-state index in [2.05, 4.69) is 65.6 Å². The number of methoxy groups -OCH3 is 3. The molecule has 574 valence electrons. The van der Waals surface area contributed by atoms with Gasteiger partial charge in [-0.25, -0.2) is 34.7 Å². The summed E-state index contributed by atoms with van der Waals surface area (Å²) in [5.74, 6) is 4.61. The minimum Gasteiger partial charge on any atom is -0.481 e. The van der Waals surface area contributed by atoms with Crippen LogP contribution in [0.4, 0.5) is 28.6 Å². The Kier molecular flexibility index (Phi) is 27.6. The maximum Gasteiger partial charge on any atom is 0.502 e. The van der Waals surface area contributed by atoms with Crippen molar-refractivity contribution in [1.82, 2.24) is 65.6 Å². The van der Waals surface area contributed by atoms with E-state index in [0.717, 1.165) is 76.1 Å². The van der Waals surface area contributed by atoms with Crippen LogP contribution >= 0.6 is 11.6 Å². The Bertz CT molecular complexity index is 3650. The van der Waals surface area contributed by atoms with Gasteiger partial charge in [0.15, 0.2) is 24.4 Å². The molecule has 9 aliphatic rings. The lowest BCUT2D eigenvalue weighted by Gasteiger charge is -2.33. The van der Waals surface area contributed by atoms with E-state index < -0.39 is 36.4 Å². The number of nitrogens with one attached hydrogen (secondary N) is 3. The van der Waals surface area contributed by atoms with E-state index in [9.17, 15) is 9.59 Å². The molecule has 37 heteroatoms. The van der Waals surface area contributed by atoms with Crippen LogP contribution in [0.15, 0.2) is 46.8 Å². The molecule has 0 saturated carbocycles. The molecule has 2 amide bonds. The van der Waals surface area contributed by atoms with Crippen LogP contribution in [0, 0.1) is 0 Å². The van der Waals surface area contributed by atoms with Gasteiger partial charge in [-0.3, -0.25) is 4.79 Å². The molecule has 9 N–H and O–H groups in total. The largest absolute Gasteiger partial charge is 0.502 e. The van der Waals surface area contributed by atoms with Crippen LogP contribution in [0.5, 0.6) is 23.5 Å². The van der Waals surface area contributed by atoms with Gasteiger partial charge in [0, 0.05) is 160 Å². The lowest BCUT2D eigenvalue weighted by molar-refractivity contribution is -0.132. The summed E-state index contributed by atoms with van der Waals surface area (Å²) in [4.78, 5) is 78.2. The molecule has 4 aromatic heterocycles. The lowest BCUT2D eigenvalue weighted by Crippen LogP contribution is -2.44. The monoisotopic (exact) mass is 1480 g/mol. The van der Waals surface area contributed by atoms with Gasteiger partial charge in [-0.15, -0.1) is 0 Å². The Morgan fingerprint density at radius 1 is 0.590 bits per heavy atom. The molecule has 7 saturated heterocycles. The van der Waals surface area contributed by atoms with Gasteiger partial charge in [0.25, 0.3) is 0 Å². The second-order valence-electron chi connectivity index (χ2n) is 27.8. The molecule has 4 aromatic rings. The minimum atomic E-state index is -0.570. The zero-order valence-corrected chi connectivity index (χ0v) is 62.9. The molecule has 0 bridgehead atoms. The zero-order chi connectivity index (χ0) is 74.8. The fourth-order valence-corrected chi connectivity index (χ4v) is 12.3. The molecular formula is C68H103BClN21O14. The van der Waals surface area contributed by atoms with E-state index >= 15 is 0 Å². The van der Waals surface area contributed by atoms with E-state index in [-0.39, 0.29) is 42.2 Å². The van der Waals surface area contributed by atoms with Gasteiger partial charge in [0.1, 0.15) is 29.1 Å². The number of ether oxygens (including phenoxy) is 10. The number of nitrogens with two attached hydrogens (primary N) is 3. The lowest BCUT2D eigenvalue weighted by atomic mass is 9.81. The van der Waals surface area contributed by atoms with Crippen molar-refractivity contribution in [1.29, 1.82) is 0 Å². The number of carbonyl (C=O) groups excluding carboxylic acids is 2. The first-order valence-corrected chi connectivity index (χ1v) is 36.2. The highest BCUT2D eigenvalue weighted by molar-refractivity contribution is 6.63. The predicted molar refractivity (Wildman–Crippen MR) is 394 cm³/mol. The molecule has 2 unspecified atom stereocenters. The summed E-state index contributed by atoms with van der Waals surface area (Å²) >= 11 is 6.15. The number of aromatic nitrogens is 8. The number of nitrogen functional groups attached to an aromatic ring is 1. The highest BCUT2D eigenvalue weighted by atomic mass is 35.5. The Morgan fingerprint density at radius 3 is 1.43 bits per heavy atom. The predicted octanol–water partition coefficient (Wildman–Crippen LogP) is 3.11. The maximum absolute atomic E-state index is 12.2. The fourth-order valence-electron chi connectivity index (χ4n) is 12.1. The SMILES string of the molecule is CC(C)(C)OC(=O)N1CCC(Oc2cc(Cl)nc(N3CCOCC3)n2)CC1.CCC(=O)N1CCC(Oc2cc(C3=CNC(N)=NC3OC)nc(N3CCOCC3)n2)CC1.COC1N=C(N)NC=C1c1cc(OC2CCNCC2)nc(N2CCOCC2)n1.COc1nc(N)ncc1B1OC(C)(C)C(C)(C)O1. The van der Waals surface area contributed by atoms with Gasteiger partial charge < -0.3 is 114 Å². The van der Waals surface area contributed by atoms with Crippen molar-refractivity contribution in [2.45, 2.75) is 148 Å². The first-order chi connectivity index (χ1) is 50.4. The minimum absolute atomic E-state index is 0.0125. The number of morpholine rings is 3. The quantitative estimate of drug-likeness (QED) is 0.0693. The number of nitrogens with zero attached hydrogens (tertiary/aromatic N) is 15. The Morgan fingerprint density at radius 2 is 1.01 bits per heavy atom. The number of likely N-dealkylation sites (tertiary alicyclic amines) is 2. The highest BCUT2D eigenvalue weighted by Crippen LogP contribution is 2.38. The topological polar surface area (TPSA) is 403 Å². The summed E-state index contributed by atoms with van der Waals surface area (Å²) < 4.78 is 68.2. The molecule has 0 radical (unpaired) electrons. The van der Waals surface area contributed by atoms with Gasteiger partial charge in [0.2, 0.25) is 53.2 Å². The Labute approximate surface area is 618 Å². The molecule has 0 spiro atoms. The summed E-state index contributed by atoms with van der Waals surface area (Å²) in [6, 6.07) is 5.29. The first-order valence-electron chi connectivity index (χ1n) is 35.8. The maximum atomic E-state index is 12.2. The number of rotatable bonds is 16. The number of hydrogen-bond donors (Lipinski definition) is 6. The van der Waals surface area contributed by atoms with Crippen LogP contribution in [0.3, 0.4) is 0 Å². The summed E-state index contributed by atoms with van der Waals surface area (Å²) in [5.41, 5.74) is 19.3. The standard InChI is InChI=1S/C21H31N7O4.C18H27ClN4O4.C18H27N7O3.C11H18BN3O3/c1-3-18(29)27-6-4-14(5-7-27)32-17-12-16(15-13-23-20(22)26-19(15)30-2)24-21(25-17)28-8-10-31-11-9-28;1-18(2,3)27-17(24)23-6-4-13(5-7-23)26-15-12-14(19)20-16(21-15)22-8-10-25-11-9-22;1-26-16-13(11-21-17(19)24-16)14-10-15(28-12-2-4-20-5-3-12)23-18(22-14)25-6-8-27-9-7-25;1-10(2)11(3,4)18-12(17-10)7-6-14-9(13)15-8(7)16-5/h12-14,19H,3-11H2,1-2H3,(H3,22,23,26);12-13H,4-11H2,1-3H3;10-12,16,20H,2-9H2,1H3,(H3,19,21,24);6H,1-5H3,(H2,13,14,15). The number of amides is 2. The van der Waals surface area contributed by atoms with E-state index in [1.54, 1.807) is 43.8 Å². The summed E-state index contributed by atoms with van der Waals surface area (Å²) in [6.07, 6.45) is 9.24. The molecule has 0 aromatic carbocycles. The second-order valence-corrected chi connectivity index (χ2v) is 28.2. The van der Waals surface area contributed by atoms with Crippen molar-refractivity contribution in [3.63, 3.8) is 0 Å². The molecule has 0 aliphatic carbocycles. The van der Waals surface area contributed by atoms with Crippen molar-refractivity contribution < 1.29 is 66.3 Å². The highest BCUT2D eigenvalue weighted by Gasteiger charge is 2.53. The summed E-state index contributed by atoms with van der Waals surface area (Å²) in [5, 5.41) is 9.57. The molecule has 105 heavy (non-hydrogen) atoms. The van der Waals surface area contributed by atoms with Crippen LogP contribution in [0.1, 0.15) is 112 Å². The van der Waals surface area contributed by atoms with Crippen LogP contribution in [0.25, 0.3) is 11.1 Å². The number of guanidine groups is 2. The first kappa shape index (κ1) is 79.1. The number of halogens is 1. The van der Waals surface area contributed by atoms with Gasteiger partial charge in [0.05, 0.1) is 74.8 Å². The Hall–Kier alpha value is -8.49. The fraction of sp³-hybridized carbons (Fsp3) is 0.647. The molecule has 7 fully saturated rings. The molecule has 35 nitrogen and oxygen atoms in total. The van der Waals surface area contributed by atoms with Crippen molar-refractivity contribution in [2.75, 3.05) is 160 Å². The van der Waals surface area contributed by atoms with Crippen molar-refractivity contribution >= 4 is 83.0 Å². The van der Waals surface area contributed by atoms with Crippen molar-refractivity contribution in [3.05, 3.63) is 53.3 Å². The van der Waals surface area contributed by atoms with Crippen LogP contribution in [-0.2, 0) is 42.5 Å². The van der Waals surface area contributed by atoms with E-state index in [1.807, 2.05) is 77.3 Å². The Balaban J connectivity index is 0.000000153. The van der Waals surface area contributed by atoms with Crippen molar-refractivity contribution in [2.24, 2.45) is 21.5 Å². The number of hydrogen-bond acceptors (Lipinski definition) is 33. The molecule has 13 rings (SSSR count). The van der Waals surface area contributed by atoms with Gasteiger partial charge in [-0.1, -0.05) is 18.5 Å². The van der Waals surface area contributed by atoms with Gasteiger partial charge >= 0.3 is 13.2 Å². The number of aliphatic imine (C=N–C) groups is 2. The average molecular weight is 1480 g/mol. The number of piperidine rings is 3.